The number of oxime groups is 1. The van der Waals surface area contributed by atoms with Crippen molar-refractivity contribution in [2.24, 2.45) is 10.6 Å². The summed E-state index contributed by atoms with van der Waals surface area (Å²) in [6.07, 6.45) is 1.78. The molecule has 1 amide bonds. The summed E-state index contributed by atoms with van der Waals surface area (Å²) >= 11 is 13.5. The van der Waals surface area contributed by atoms with E-state index in [4.69, 9.17) is 28.0 Å². The number of hydrogen-bond donors (Lipinski definition) is 1. The fraction of sp³-hybridized carbons (Fsp3) is 0.385. The van der Waals surface area contributed by atoms with Crippen molar-refractivity contribution in [3.63, 3.8) is 0 Å². The highest BCUT2D eigenvalue weighted by Gasteiger charge is 2.66. The van der Waals surface area contributed by atoms with Crippen LogP contribution in [0, 0.1) is 5.41 Å². The second-order valence-corrected chi connectivity index (χ2v) is 6.96. The van der Waals surface area contributed by atoms with Gasteiger partial charge in [-0.05, 0) is 24.8 Å². The first-order chi connectivity index (χ1) is 9.39. The summed E-state index contributed by atoms with van der Waals surface area (Å²) in [5.41, 5.74) is 0.183. The van der Waals surface area contributed by atoms with Crippen molar-refractivity contribution < 1.29 is 9.63 Å². The van der Waals surface area contributed by atoms with Crippen molar-refractivity contribution >= 4 is 51.8 Å². The molecule has 1 atom stereocenters. The third kappa shape index (κ3) is 3.22. The van der Waals surface area contributed by atoms with Crippen LogP contribution in [0.25, 0.3) is 0 Å². The molecule has 1 aliphatic rings. The van der Waals surface area contributed by atoms with E-state index in [2.05, 4.69) is 10.5 Å². The van der Waals surface area contributed by atoms with E-state index in [0.717, 1.165) is 0 Å². The number of rotatable bonds is 3. The number of nitrogens with one attached hydrogen (secondary N) is 1. The average molecular weight is 333 g/mol. The highest BCUT2D eigenvalue weighted by Crippen LogP contribution is 2.65. The summed E-state index contributed by atoms with van der Waals surface area (Å²) in [6.45, 7) is 1.89. The molecule has 0 saturated heterocycles. The number of carbonyl (C=O) groups is 1. The van der Waals surface area contributed by atoms with Gasteiger partial charge in [0.2, 0.25) is 0 Å². The normalized spacial score (nSPS) is 24.1. The lowest BCUT2D eigenvalue weighted by molar-refractivity contribution is 0.166. The first-order valence-corrected chi connectivity index (χ1v) is 7.90. The van der Waals surface area contributed by atoms with E-state index in [0.29, 0.717) is 17.2 Å². The van der Waals surface area contributed by atoms with E-state index in [1.54, 1.807) is 12.1 Å². The third-order valence-electron chi connectivity index (χ3n) is 3.15. The van der Waals surface area contributed by atoms with Crippen LogP contribution < -0.4 is 5.32 Å². The first kappa shape index (κ1) is 15.5. The molecule has 1 saturated carbocycles. The zero-order valence-electron chi connectivity index (χ0n) is 11.0. The Bertz CT molecular complexity index is 536. The van der Waals surface area contributed by atoms with Crippen molar-refractivity contribution in [1.29, 1.82) is 0 Å². The lowest BCUT2D eigenvalue weighted by Crippen LogP contribution is -2.18. The zero-order valence-corrected chi connectivity index (χ0v) is 13.4. The van der Waals surface area contributed by atoms with Crippen molar-refractivity contribution in [3.05, 3.63) is 30.3 Å². The molecule has 0 heterocycles. The molecule has 1 aromatic rings. The SMILES string of the molecule is CSC(=NOC(=O)Nc1ccccc1)C1(C)CC1(Cl)Cl. The Morgan fingerprint density at radius 3 is 2.50 bits per heavy atom. The van der Waals surface area contributed by atoms with Gasteiger partial charge in [0.25, 0.3) is 0 Å². The number of amides is 1. The van der Waals surface area contributed by atoms with Gasteiger partial charge in [0.15, 0.2) is 0 Å². The standard InChI is InChI=1S/C13H14Cl2N2O2S/c1-12(8-13(12,14)15)10(20-2)17-19-11(18)16-9-6-4-3-5-7-9/h3-7H,8H2,1-2H3,(H,16,18). The van der Waals surface area contributed by atoms with Gasteiger partial charge >= 0.3 is 6.09 Å². The lowest BCUT2D eigenvalue weighted by Gasteiger charge is -2.12. The number of nitrogens with zero attached hydrogens (tertiary/aromatic N) is 1. The van der Waals surface area contributed by atoms with Gasteiger partial charge in [0.05, 0.1) is 5.41 Å². The Kier molecular flexibility index (Phi) is 4.52. The number of para-hydroxylation sites is 1. The van der Waals surface area contributed by atoms with Gasteiger partial charge in [0.1, 0.15) is 9.38 Å². The van der Waals surface area contributed by atoms with Crippen molar-refractivity contribution in [2.75, 3.05) is 11.6 Å². The molecule has 2 rings (SSSR count). The van der Waals surface area contributed by atoms with Gasteiger partial charge in [-0.1, -0.05) is 30.3 Å². The number of alkyl halides is 2. The van der Waals surface area contributed by atoms with E-state index < -0.39 is 15.8 Å². The zero-order chi connectivity index (χ0) is 14.8. The van der Waals surface area contributed by atoms with Crippen LogP contribution in [0.4, 0.5) is 10.5 Å². The highest BCUT2D eigenvalue weighted by molar-refractivity contribution is 8.13. The van der Waals surface area contributed by atoms with E-state index >= 15 is 0 Å². The number of benzene rings is 1. The molecule has 0 spiro atoms. The summed E-state index contributed by atoms with van der Waals surface area (Å²) in [5.74, 6) is 0. The van der Waals surface area contributed by atoms with E-state index in [1.165, 1.54) is 11.8 Å². The van der Waals surface area contributed by atoms with E-state index in [-0.39, 0.29) is 0 Å². The van der Waals surface area contributed by atoms with Gasteiger partial charge in [-0.25, -0.2) is 4.79 Å². The summed E-state index contributed by atoms with van der Waals surface area (Å²) in [6, 6.07) is 8.99. The maximum atomic E-state index is 11.6. The van der Waals surface area contributed by atoms with Crippen LogP contribution in [0.1, 0.15) is 13.3 Å². The Morgan fingerprint density at radius 1 is 1.40 bits per heavy atom. The molecule has 0 aromatic heterocycles. The molecule has 0 radical (unpaired) electrons. The monoisotopic (exact) mass is 332 g/mol. The van der Waals surface area contributed by atoms with Gasteiger partial charge < -0.3 is 0 Å². The quantitative estimate of drug-likeness (QED) is 0.291. The molecule has 1 aliphatic carbocycles. The maximum Gasteiger partial charge on any atom is 0.437 e. The van der Waals surface area contributed by atoms with Gasteiger partial charge in [-0.15, -0.1) is 35.0 Å². The van der Waals surface area contributed by atoms with E-state index in [1.807, 2.05) is 31.4 Å². The van der Waals surface area contributed by atoms with Crippen LogP contribution in [0.15, 0.2) is 35.5 Å². The maximum absolute atomic E-state index is 11.6. The minimum atomic E-state index is -0.839. The highest BCUT2D eigenvalue weighted by atomic mass is 35.5. The summed E-state index contributed by atoms with van der Waals surface area (Å²) in [5, 5.41) is 7.04. The van der Waals surface area contributed by atoms with Crippen molar-refractivity contribution in [2.45, 2.75) is 17.7 Å². The fourth-order valence-electron chi connectivity index (χ4n) is 1.74. The third-order valence-corrected chi connectivity index (χ3v) is 5.17. The molecule has 1 N–H and O–H groups in total. The summed E-state index contributed by atoms with van der Waals surface area (Å²) in [4.78, 5) is 16.5. The molecule has 0 bridgehead atoms. The molecule has 7 heteroatoms. The number of carbonyl (C=O) groups excluding carboxylic acids is 1. The predicted molar refractivity (Wildman–Crippen MR) is 84.7 cm³/mol. The lowest BCUT2D eigenvalue weighted by atomic mass is 10.2. The molecule has 1 fully saturated rings. The molecule has 4 nitrogen and oxygen atoms in total. The average Bonchev–Trinajstić information content (AvgIpc) is 2.91. The molecule has 20 heavy (non-hydrogen) atoms. The Morgan fingerprint density at radius 2 is 2.00 bits per heavy atom. The molecule has 1 aromatic carbocycles. The molecule has 108 valence electrons. The van der Waals surface area contributed by atoms with Crippen LogP contribution in [-0.2, 0) is 4.84 Å². The largest absolute Gasteiger partial charge is 0.437 e. The van der Waals surface area contributed by atoms with Gasteiger partial charge in [-0.2, -0.15) is 0 Å². The first-order valence-electron chi connectivity index (χ1n) is 5.92. The minimum absolute atomic E-state index is 0.456. The second-order valence-electron chi connectivity index (χ2n) is 4.68. The van der Waals surface area contributed by atoms with E-state index in [9.17, 15) is 4.79 Å². The predicted octanol–water partition coefficient (Wildman–Crippen LogP) is 4.50. The van der Waals surface area contributed by atoms with Crippen molar-refractivity contribution in [1.82, 2.24) is 0 Å². The number of anilines is 1. The smallest absolute Gasteiger partial charge is 0.297 e. The number of halogens is 2. The topological polar surface area (TPSA) is 50.7 Å². The fourth-order valence-corrected chi connectivity index (χ4v) is 3.37. The van der Waals surface area contributed by atoms with Crippen LogP contribution in [0.2, 0.25) is 0 Å². The van der Waals surface area contributed by atoms with Crippen molar-refractivity contribution in [3.8, 4) is 0 Å². The number of hydrogen-bond acceptors (Lipinski definition) is 4. The number of thioether (sulfide) groups is 1. The minimum Gasteiger partial charge on any atom is -0.297 e. The summed E-state index contributed by atoms with van der Waals surface area (Å²) < 4.78 is -0.839. The molecular formula is C13H14Cl2N2O2S. The van der Waals surface area contributed by atoms with Gasteiger partial charge in [0, 0.05) is 5.69 Å². The molecule has 1 unspecified atom stereocenters. The Hall–Kier alpha value is -0.910. The van der Waals surface area contributed by atoms with Gasteiger partial charge in [-0.3, -0.25) is 10.2 Å². The van der Waals surface area contributed by atoms with Crippen LogP contribution >= 0.6 is 35.0 Å². The molecular weight excluding hydrogens is 319 g/mol. The second kappa shape index (κ2) is 5.84. The molecule has 0 aliphatic heterocycles. The van der Waals surface area contributed by atoms with Crippen LogP contribution in [0.5, 0.6) is 0 Å². The Labute approximate surface area is 131 Å². The van der Waals surface area contributed by atoms with Crippen LogP contribution in [-0.4, -0.2) is 21.7 Å². The summed E-state index contributed by atoms with van der Waals surface area (Å²) in [7, 11) is 0. The van der Waals surface area contributed by atoms with Crippen LogP contribution in [0.3, 0.4) is 0 Å². The Balaban J connectivity index is 1.96.